The summed E-state index contributed by atoms with van der Waals surface area (Å²) in [5.41, 5.74) is 0. The predicted molar refractivity (Wildman–Crippen MR) is 44.7 cm³/mol. The van der Waals surface area contributed by atoms with Crippen LogP contribution in [0.3, 0.4) is 0 Å². The fraction of sp³-hybridized carbons (Fsp3) is 0.500. The normalized spacial score (nSPS) is 13.8. The lowest BCUT2D eigenvalue weighted by Crippen LogP contribution is -2.05. The molecule has 0 unspecified atom stereocenters. The third-order valence-electron chi connectivity index (χ3n) is 0.764. The molecule has 0 spiro atoms. The highest BCUT2D eigenvalue weighted by Crippen LogP contribution is 2.14. The van der Waals surface area contributed by atoms with Gasteiger partial charge in [0, 0.05) is 0 Å². The van der Waals surface area contributed by atoms with E-state index in [0.717, 1.165) is 0 Å². The third kappa shape index (κ3) is 37.5. The first-order valence-electron chi connectivity index (χ1n) is 3.91. The second kappa shape index (κ2) is 7.15. The van der Waals surface area contributed by atoms with E-state index < -0.39 is 12.3 Å². The van der Waals surface area contributed by atoms with Crippen LogP contribution < -0.4 is 0 Å². The molecule has 1 fully saturated rings. The van der Waals surface area contributed by atoms with Crippen molar-refractivity contribution in [2.45, 2.75) is 25.7 Å². The van der Waals surface area contributed by atoms with Crippen molar-refractivity contribution >= 4 is 12.3 Å². The lowest BCUT2D eigenvalue weighted by atomic mass is 10.9. The smallest absolute Gasteiger partial charge is 0.449 e. The fourth-order valence-electron chi connectivity index (χ4n) is 0.0747. The first-order chi connectivity index (χ1) is 6.13. The lowest BCUT2D eigenvalue weighted by Gasteiger charge is -1.84. The fourth-order valence-corrected chi connectivity index (χ4v) is 0.0747. The summed E-state index contributed by atoms with van der Waals surface area (Å²) < 4.78 is 3.08. The standard InChI is InChI=1S/C3H6.C3H4.C2H2O5/c2*1-2-3-1;3-1(4)7-2(5)6/h1-3H2;1-2H,3H2;(H,3,4)(H,5,6). The van der Waals surface area contributed by atoms with Gasteiger partial charge in [0.2, 0.25) is 0 Å². The molecule has 2 N–H and O–H groups in total. The van der Waals surface area contributed by atoms with Crippen LogP contribution in [0.25, 0.3) is 0 Å². The van der Waals surface area contributed by atoms with E-state index in [-0.39, 0.29) is 0 Å². The summed E-state index contributed by atoms with van der Waals surface area (Å²) in [4.78, 5) is 18.4. The monoisotopic (exact) mass is 188 g/mol. The minimum absolute atomic E-state index is 1.25. The van der Waals surface area contributed by atoms with E-state index >= 15 is 0 Å². The highest BCUT2D eigenvalue weighted by Gasteiger charge is 2.01. The van der Waals surface area contributed by atoms with Crippen molar-refractivity contribution in [3.63, 3.8) is 0 Å². The Morgan fingerprint density at radius 1 is 1.00 bits per heavy atom. The van der Waals surface area contributed by atoms with Crippen molar-refractivity contribution in [3.05, 3.63) is 12.2 Å². The summed E-state index contributed by atoms with van der Waals surface area (Å²) in [7, 11) is 0. The first-order valence-corrected chi connectivity index (χ1v) is 3.91. The molecule has 0 atom stereocenters. The van der Waals surface area contributed by atoms with Crippen LogP contribution in [0.1, 0.15) is 25.7 Å². The van der Waals surface area contributed by atoms with Gasteiger partial charge in [0.1, 0.15) is 0 Å². The zero-order valence-electron chi connectivity index (χ0n) is 7.10. The van der Waals surface area contributed by atoms with Crippen LogP contribution in [0, 0.1) is 0 Å². The van der Waals surface area contributed by atoms with Crippen LogP contribution in [0.2, 0.25) is 0 Å². The zero-order chi connectivity index (χ0) is 10.1. The Kier molecular flexibility index (Phi) is 6.31. The average Bonchev–Trinajstić information content (AvgIpc) is 2.83. The van der Waals surface area contributed by atoms with Gasteiger partial charge >= 0.3 is 12.3 Å². The van der Waals surface area contributed by atoms with Gasteiger partial charge < -0.3 is 14.9 Å². The summed E-state index contributed by atoms with van der Waals surface area (Å²) in [5, 5.41) is 15.0. The number of carbonyl (C=O) groups is 2. The molecule has 0 saturated heterocycles. The van der Waals surface area contributed by atoms with Gasteiger partial charge in [0.05, 0.1) is 0 Å². The minimum atomic E-state index is -1.81. The zero-order valence-corrected chi connectivity index (χ0v) is 7.10. The highest BCUT2D eigenvalue weighted by atomic mass is 16.7. The van der Waals surface area contributed by atoms with E-state index in [1.807, 2.05) is 0 Å². The van der Waals surface area contributed by atoms with Crippen LogP contribution in [0.5, 0.6) is 0 Å². The molecule has 5 heteroatoms. The molecule has 0 heterocycles. The molecule has 74 valence electrons. The quantitative estimate of drug-likeness (QED) is 0.346. The molecule has 2 aliphatic carbocycles. The van der Waals surface area contributed by atoms with Gasteiger partial charge in [0.25, 0.3) is 0 Å². The van der Waals surface area contributed by atoms with E-state index in [2.05, 4.69) is 16.9 Å². The summed E-state index contributed by atoms with van der Waals surface area (Å²) in [6.45, 7) is 0. The van der Waals surface area contributed by atoms with E-state index in [1.54, 1.807) is 0 Å². The van der Waals surface area contributed by atoms with E-state index in [0.29, 0.717) is 0 Å². The molecule has 0 radical (unpaired) electrons. The summed E-state index contributed by atoms with van der Waals surface area (Å²) in [5.74, 6) is 0. The summed E-state index contributed by atoms with van der Waals surface area (Å²) in [6.07, 6.45) is 6.38. The molecular formula is C8H12O5. The molecule has 0 bridgehead atoms. The highest BCUT2D eigenvalue weighted by molar-refractivity contribution is 5.74. The van der Waals surface area contributed by atoms with Crippen LogP contribution in [-0.2, 0) is 4.74 Å². The van der Waals surface area contributed by atoms with Gasteiger partial charge in [-0.05, 0) is 6.42 Å². The number of hydrogen-bond acceptors (Lipinski definition) is 3. The minimum Gasteiger partial charge on any atom is -0.449 e. The Labute approximate surface area is 75.6 Å². The second-order valence-electron chi connectivity index (χ2n) is 2.40. The Hall–Kier alpha value is -1.52. The number of hydrogen-bond donors (Lipinski definition) is 2. The molecular weight excluding hydrogens is 176 g/mol. The van der Waals surface area contributed by atoms with E-state index in [1.165, 1.54) is 25.7 Å². The molecule has 0 aromatic carbocycles. The van der Waals surface area contributed by atoms with Crippen LogP contribution in [0.4, 0.5) is 9.59 Å². The maximum atomic E-state index is 9.21. The lowest BCUT2D eigenvalue weighted by molar-refractivity contribution is 0.0802. The Bertz CT molecular complexity index is 176. The maximum absolute atomic E-state index is 9.21. The van der Waals surface area contributed by atoms with Crippen molar-refractivity contribution in [1.29, 1.82) is 0 Å². The van der Waals surface area contributed by atoms with Crippen LogP contribution in [-0.4, -0.2) is 22.5 Å². The number of ether oxygens (including phenoxy) is 1. The molecule has 0 aromatic rings. The van der Waals surface area contributed by atoms with Crippen LogP contribution >= 0.6 is 0 Å². The predicted octanol–water partition coefficient (Wildman–Crippen LogP) is 2.48. The van der Waals surface area contributed by atoms with Crippen molar-refractivity contribution in [2.75, 3.05) is 0 Å². The second-order valence-corrected chi connectivity index (χ2v) is 2.40. The molecule has 2 rings (SSSR count). The molecule has 0 aliphatic heterocycles. The molecule has 13 heavy (non-hydrogen) atoms. The Morgan fingerprint density at radius 2 is 1.31 bits per heavy atom. The first kappa shape index (κ1) is 11.5. The third-order valence-corrected chi connectivity index (χ3v) is 0.764. The molecule has 2 aliphatic rings. The van der Waals surface area contributed by atoms with Crippen molar-refractivity contribution < 1.29 is 24.5 Å². The van der Waals surface area contributed by atoms with Crippen LogP contribution in [0.15, 0.2) is 12.2 Å². The largest absolute Gasteiger partial charge is 0.516 e. The van der Waals surface area contributed by atoms with Gasteiger partial charge in [-0.15, -0.1) is 0 Å². The molecule has 5 nitrogen and oxygen atoms in total. The molecule has 0 amide bonds. The Balaban J connectivity index is 0.000000192. The SMILES string of the molecule is C1=CC1.C1CC1.O=C(O)OC(=O)O. The van der Waals surface area contributed by atoms with Crippen molar-refractivity contribution in [3.8, 4) is 0 Å². The van der Waals surface area contributed by atoms with Crippen molar-refractivity contribution in [2.24, 2.45) is 0 Å². The van der Waals surface area contributed by atoms with E-state index in [9.17, 15) is 9.59 Å². The van der Waals surface area contributed by atoms with Gasteiger partial charge in [-0.2, -0.15) is 0 Å². The van der Waals surface area contributed by atoms with Crippen molar-refractivity contribution in [1.82, 2.24) is 0 Å². The number of allylic oxidation sites excluding steroid dienone is 2. The number of rotatable bonds is 0. The van der Waals surface area contributed by atoms with Gasteiger partial charge in [-0.3, -0.25) is 0 Å². The summed E-state index contributed by atoms with van der Waals surface area (Å²) in [6, 6.07) is 0. The van der Waals surface area contributed by atoms with E-state index in [4.69, 9.17) is 10.2 Å². The van der Waals surface area contributed by atoms with Gasteiger partial charge in [-0.1, -0.05) is 31.4 Å². The average molecular weight is 188 g/mol. The Morgan fingerprint density at radius 3 is 1.31 bits per heavy atom. The maximum Gasteiger partial charge on any atom is 0.516 e. The topological polar surface area (TPSA) is 83.8 Å². The summed E-state index contributed by atoms with van der Waals surface area (Å²) >= 11 is 0. The number of carboxylic acid groups (broad SMARTS) is 2. The molecule has 1 saturated carbocycles. The van der Waals surface area contributed by atoms with Gasteiger partial charge in [-0.25, -0.2) is 9.59 Å². The van der Waals surface area contributed by atoms with Gasteiger partial charge in [0.15, 0.2) is 0 Å². The molecule has 0 aromatic heterocycles.